The second kappa shape index (κ2) is 8.02. The third-order valence-corrected chi connectivity index (χ3v) is 4.32. The van der Waals surface area contributed by atoms with Gasteiger partial charge in [0.25, 0.3) is 0 Å². The van der Waals surface area contributed by atoms with Crippen molar-refractivity contribution >= 4 is 23.3 Å². The zero-order valence-electron chi connectivity index (χ0n) is 13.0. The van der Waals surface area contributed by atoms with Gasteiger partial charge in [-0.05, 0) is 29.1 Å². The van der Waals surface area contributed by atoms with Crippen molar-refractivity contribution in [1.82, 2.24) is 10.6 Å². The van der Waals surface area contributed by atoms with Gasteiger partial charge in [-0.2, -0.15) is 13.2 Å². The molecule has 0 aliphatic carbocycles. The number of thiophene rings is 1. The topological polar surface area (TPSA) is 84.2 Å². The van der Waals surface area contributed by atoms with Crippen LogP contribution in [0, 0.1) is 0 Å². The maximum Gasteiger partial charge on any atom is 0.416 e. The minimum atomic E-state index is -4.43. The van der Waals surface area contributed by atoms with Crippen LogP contribution in [0.25, 0.3) is 0 Å². The van der Waals surface area contributed by atoms with E-state index in [1.165, 1.54) is 23.5 Å². The van der Waals surface area contributed by atoms with Gasteiger partial charge in [0.05, 0.1) is 18.0 Å². The highest BCUT2D eigenvalue weighted by molar-refractivity contribution is 7.10. The minimum absolute atomic E-state index is 0.0452. The smallest absolute Gasteiger partial charge is 0.352 e. The van der Waals surface area contributed by atoms with E-state index in [1.54, 1.807) is 17.5 Å². The quantitative estimate of drug-likeness (QED) is 0.729. The van der Waals surface area contributed by atoms with E-state index in [-0.39, 0.29) is 13.0 Å². The maximum absolute atomic E-state index is 12.7. The summed E-state index contributed by atoms with van der Waals surface area (Å²) >= 11 is 1.36. The molecule has 2 rings (SSSR count). The number of primary amides is 1. The van der Waals surface area contributed by atoms with Crippen LogP contribution in [0.4, 0.5) is 18.0 Å². The van der Waals surface area contributed by atoms with Crippen molar-refractivity contribution in [3.8, 4) is 0 Å². The highest BCUT2D eigenvalue weighted by Gasteiger charge is 2.30. The Balaban J connectivity index is 1.96. The Morgan fingerprint density at radius 3 is 2.56 bits per heavy atom. The Kier molecular flexibility index (Phi) is 6.02. The first-order valence-electron chi connectivity index (χ1n) is 7.28. The van der Waals surface area contributed by atoms with Crippen LogP contribution in [0.2, 0.25) is 0 Å². The van der Waals surface area contributed by atoms with Crippen LogP contribution in [-0.2, 0) is 17.5 Å². The third-order valence-electron chi connectivity index (χ3n) is 3.34. The van der Waals surface area contributed by atoms with Gasteiger partial charge >= 0.3 is 12.2 Å². The lowest BCUT2D eigenvalue weighted by Crippen LogP contribution is -2.36. The Morgan fingerprint density at radius 1 is 1.20 bits per heavy atom. The fourth-order valence-corrected chi connectivity index (χ4v) is 2.98. The highest BCUT2D eigenvalue weighted by Crippen LogP contribution is 2.29. The molecule has 1 aromatic heterocycles. The van der Waals surface area contributed by atoms with E-state index in [0.717, 1.165) is 17.0 Å². The van der Waals surface area contributed by atoms with Gasteiger partial charge in [-0.25, -0.2) is 4.79 Å². The van der Waals surface area contributed by atoms with Crippen LogP contribution in [0.15, 0.2) is 41.8 Å². The fourth-order valence-electron chi connectivity index (χ4n) is 2.20. The summed E-state index contributed by atoms with van der Waals surface area (Å²) in [6, 6.07) is 6.92. The number of urea groups is 1. The first kappa shape index (κ1) is 18.8. The minimum Gasteiger partial charge on any atom is -0.352 e. The van der Waals surface area contributed by atoms with E-state index in [0.29, 0.717) is 5.56 Å². The van der Waals surface area contributed by atoms with Gasteiger partial charge in [-0.3, -0.25) is 4.79 Å². The molecule has 0 radical (unpaired) electrons. The normalized spacial score (nSPS) is 12.4. The molecule has 0 saturated heterocycles. The zero-order chi connectivity index (χ0) is 18.4. The third kappa shape index (κ3) is 5.79. The van der Waals surface area contributed by atoms with Crippen LogP contribution in [-0.4, -0.2) is 11.9 Å². The lowest BCUT2D eigenvalue weighted by molar-refractivity contribution is -0.137. The van der Waals surface area contributed by atoms with E-state index in [2.05, 4.69) is 10.6 Å². The fraction of sp³-hybridized carbons (Fsp3) is 0.250. The average molecular weight is 371 g/mol. The van der Waals surface area contributed by atoms with Crippen molar-refractivity contribution in [3.05, 3.63) is 57.8 Å². The number of nitrogens with two attached hydrogens (primary N) is 1. The van der Waals surface area contributed by atoms with Gasteiger partial charge in [-0.15, -0.1) is 11.3 Å². The first-order chi connectivity index (χ1) is 11.8. The van der Waals surface area contributed by atoms with Crippen LogP contribution in [0.1, 0.15) is 28.5 Å². The summed E-state index contributed by atoms with van der Waals surface area (Å²) < 4.78 is 38.0. The molecular formula is C16H16F3N3O2S. The summed E-state index contributed by atoms with van der Waals surface area (Å²) in [4.78, 5) is 23.9. The largest absolute Gasteiger partial charge is 0.416 e. The average Bonchev–Trinajstić information content (AvgIpc) is 3.06. The predicted molar refractivity (Wildman–Crippen MR) is 87.7 cm³/mol. The van der Waals surface area contributed by atoms with Gasteiger partial charge < -0.3 is 16.4 Å². The summed E-state index contributed by atoms with van der Waals surface area (Å²) in [5.74, 6) is -0.412. The van der Waals surface area contributed by atoms with E-state index in [4.69, 9.17) is 5.73 Å². The van der Waals surface area contributed by atoms with Crippen molar-refractivity contribution in [2.45, 2.75) is 25.2 Å². The van der Waals surface area contributed by atoms with Crippen molar-refractivity contribution < 1.29 is 22.8 Å². The van der Waals surface area contributed by atoms with Gasteiger partial charge in [0.2, 0.25) is 5.91 Å². The van der Waals surface area contributed by atoms with Gasteiger partial charge in [0.15, 0.2) is 0 Å². The Bertz CT molecular complexity index is 732. The van der Waals surface area contributed by atoms with Crippen LogP contribution in [0.3, 0.4) is 0 Å². The lowest BCUT2D eigenvalue weighted by Gasteiger charge is -2.16. The summed E-state index contributed by atoms with van der Waals surface area (Å²) in [7, 11) is 0. The van der Waals surface area contributed by atoms with Crippen LogP contribution >= 0.6 is 11.3 Å². The molecule has 5 nitrogen and oxygen atoms in total. The molecule has 3 amide bonds. The SMILES string of the molecule is NC(=O)N[C@H](CC(=O)NCc1cccc(C(F)(F)F)c1)c1cccs1. The summed E-state index contributed by atoms with van der Waals surface area (Å²) in [6.07, 6.45) is -4.50. The van der Waals surface area contributed by atoms with Gasteiger partial charge in [0.1, 0.15) is 0 Å². The molecule has 0 aliphatic rings. The molecule has 1 aromatic carbocycles. The number of carbonyl (C=O) groups is 2. The van der Waals surface area contributed by atoms with Crippen molar-refractivity contribution in [2.24, 2.45) is 5.73 Å². The Labute approximate surface area is 146 Å². The molecule has 0 aliphatic heterocycles. The second-order valence-electron chi connectivity index (χ2n) is 5.26. The van der Waals surface area contributed by atoms with Crippen molar-refractivity contribution in [1.29, 1.82) is 0 Å². The second-order valence-corrected chi connectivity index (χ2v) is 6.23. The standard InChI is InChI=1S/C16H16F3N3O2S/c17-16(18,19)11-4-1-3-10(7-11)9-21-14(23)8-12(22-15(20)24)13-5-2-6-25-13/h1-7,12H,8-9H2,(H,21,23)(H3,20,22,24)/t12-/m1/s1. The molecule has 4 N–H and O–H groups in total. The van der Waals surface area contributed by atoms with Crippen LogP contribution in [0.5, 0.6) is 0 Å². The molecule has 1 atom stereocenters. The number of nitrogens with one attached hydrogen (secondary N) is 2. The molecule has 2 aromatic rings. The number of hydrogen-bond donors (Lipinski definition) is 3. The van der Waals surface area contributed by atoms with E-state index < -0.39 is 29.7 Å². The number of carbonyl (C=O) groups excluding carboxylic acids is 2. The van der Waals surface area contributed by atoms with Crippen molar-refractivity contribution in [2.75, 3.05) is 0 Å². The predicted octanol–water partition coefficient (Wildman–Crippen LogP) is 3.18. The molecule has 0 fully saturated rings. The molecular weight excluding hydrogens is 355 g/mol. The Hall–Kier alpha value is -2.55. The maximum atomic E-state index is 12.7. The Morgan fingerprint density at radius 2 is 1.96 bits per heavy atom. The van der Waals surface area contributed by atoms with Crippen LogP contribution < -0.4 is 16.4 Å². The zero-order valence-corrected chi connectivity index (χ0v) is 13.8. The lowest BCUT2D eigenvalue weighted by atomic mass is 10.1. The first-order valence-corrected chi connectivity index (χ1v) is 8.16. The number of benzene rings is 1. The van der Waals surface area contributed by atoms with E-state index in [9.17, 15) is 22.8 Å². The molecule has 9 heteroatoms. The molecule has 0 spiro atoms. The molecule has 0 unspecified atom stereocenters. The summed E-state index contributed by atoms with van der Waals surface area (Å²) in [6.45, 7) is -0.0452. The van der Waals surface area contributed by atoms with E-state index in [1.807, 2.05) is 0 Å². The number of hydrogen-bond acceptors (Lipinski definition) is 3. The van der Waals surface area contributed by atoms with Gasteiger partial charge in [0, 0.05) is 11.4 Å². The molecule has 134 valence electrons. The number of halogens is 3. The molecule has 25 heavy (non-hydrogen) atoms. The van der Waals surface area contributed by atoms with Crippen molar-refractivity contribution in [3.63, 3.8) is 0 Å². The molecule has 0 bridgehead atoms. The summed E-state index contributed by atoms with van der Waals surface area (Å²) in [5.41, 5.74) is 4.67. The highest BCUT2D eigenvalue weighted by atomic mass is 32.1. The molecule has 0 saturated carbocycles. The monoisotopic (exact) mass is 371 g/mol. The number of amides is 3. The van der Waals surface area contributed by atoms with Gasteiger partial charge in [-0.1, -0.05) is 18.2 Å². The summed E-state index contributed by atoms with van der Waals surface area (Å²) in [5, 5.41) is 6.83. The number of alkyl halides is 3. The molecule has 1 heterocycles. The van der Waals surface area contributed by atoms with E-state index >= 15 is 0 Å². The number of rotatable bonds is 6.